The average Bonchev–Trinajstić information content (AvgIpc) is 2.45. The van der Waals surface area contributed by atoms with Gasteiger partial charge in [-0.05, 0) is 18.9 Å². The molecule has 1 aliphatic rings. The van der Waals surface area contributed by atoms with Crippen molar-refractivity contribution < 1.29 is 4.74 Å². The van der Waals surface area contributed by atoms with Crippen molar-refractivity contribution in [2.24, 2.45) is 11.7 Å². The molecule has 0 aromatic heterocycles. The van der Waals surface area contributed by atoms with Crippen molar-refractivity contribution in [2.45, 2.75) is 13.3 Å². The number of hydrogen-bond acceptors (Lipinski definition) is 3. The molecular weight excluding hydrogens is 152 g/mol. The minimum Gasteiger partial charge on any atom is -0.379 e. The smallest absolute Gasteiger partial charge is 0.0594 e. The van der Waals surface area contributed by atoms with Gasteiger partial charge >= 0.3 is 0 Å². The standard InChI is InChI=1S/C9H20N2O/c1-9-2-4-11(8-9)5-7-12-6-3-10/h9H,2-8,10H2,1H3/t9-/m1/s1. The van der Waals surface area contributed by atoms with Crippen LogP contribution in [0, 0.1) is 5.92 Å². The van der Waals surface area contributed by atoms with E-state index < -0.39 is 0 Å². The third-order valence-corrected chi connectivity index (χ3v) is 2.32. The van der Waals surface area contributed by atoms with Crippen LogP contribution in [-0.2, 0) is 4.74 Å². The Labute approximate surface area is 74.9 Å². The highest BCUT2D eigenvalue weighted by atomic mass is 16.5. The molecule has 0 bridgehead atoms. The van der Waals surface area contributed by atoms with Gasteiger partial charge in [-0.25, -0.2) is 0 Å². The van der Waals surface area contributed by atoms with Gasteiger partial charge in [0.2, 0.25) is 0 Å². The number of nitrogens with two attached hydrogens (primary N) is 1. The molecule has 3 heteroatoms. The first-order chi connectivity index (χ1) is 5.83. The molecule has 1 saturated heterocycles. The third kappa shape index (κ3) is 3.52. The van der Waals surface area contributed by atoms with Crippen molar-refractivity contribution in [3.8, 4) is 0 Å². The van der Waals surface area contributed by atoms with Crippen LogP contribution in [0.2, 0.25) is 0 Å². The normalized spacial score (nSPS) is 25.0. The van der Waals surface area contributed by atoms with Gasteiger partial charge in [0.25, 0.3) is 0 Å². The molecule has 1 heterocycles. The van der Waals surface area contributed by atoms with Gasteiger partial charge in [0.1, 0.15) is 0 Å². The molecule has 3 nitrogen and oxygen atoms in total. The predicted octanol–water partition coefficient (Wildman–Crippen LogP) is 0.304. The topological polar surface area (TPSA) is 38.5 Å². The van der Waals surface area contributed by atoms with Gasteiger partial charge in [0, 0.05) is 19.6 Å². The molecule has 0 saturated carbocycles. The van der Waals surface area contributed by atoms with Crippen LogP contribution in [0.15, 0.2) is 0 Å². The summed E-state index contributed by atoms with van der Waals surface area (Å²) in [5.41, 5.74) is 5.31. The molecule has 0 aliphatic carbocycles. The van der Waals surface area contributed by atoms with Crippen molar-refractivity contribution in [3.05, 3.63) is 0 Å². The van der Waals surface area contributed by atoms with E-state index in [-0.39, 0.29) is 0 Å². The van der Waals surface area contributed by atoms with Crippen LogP contribution in [0.3, 0.4) is 0 Å². The zero-order chi connectivity index (χ0) is 8.81. The highest BCUT2D eigenvalue weighted by molar-refractivity contribution is 4.71. The molecule has 1 aliphatic heterocycles. The maximum atomic E-state index is 5.31. The molecule has 12 heavy (non-hydrogen) atoms. The maximum Gasteiger partial charge on any atom is 0.0594 e. The van der Waals surface area contributed by atoms with E-state index in [0.29, 0.717) is 13.2 Å². The molecule has 1 fully saturated rings. The molecule has 0 aromatic carbocycles. The fourth-order valence-corrected chi connectivity index (χ4v) is 1.61. The molecule has 0 spiro atoms. The van der Waals surface area contributed by atoms with E-state index in [2.05, 4.69) is 11.8 Å². The molecule has 2 N–H and O–H groups in total. The molecule has 0 radical (unpaired) electrons. The Hall–Kier alpha value is -0.120. The second kappa shape index (κ2) is 5.51. The van der Waals surface area contributed by atoms with Crippen LogP contribution in [0.5, 0.6) is 0 Å². The zero-order valence-corrected chi connectivity index (χ0v) is 7.96. The Morgan fingerprint density at radius 2 is 2.33 bits per heavy atom. The fraction of sp³-hybridized carbons (Fsp3) is 1.00. The lowest BCUT2D eigenvalue weighted by Gasteiger charge is -2.14. The molecule has 0 aromatic rings. The van der Waals surface area contributed by atoms with Gasteiger partial charge in [0.15, 0.2) is 0 Å². The first kappa shape index (κ1) is 9.96. The van der Waals surface area contributed by atoms with E-state index in [1.54, 1.807) is 0 Å². The second-order valence-electron chi connectivity index (χ2n) is 3.60. The summed E-state index contributed by atoms with van der Waals surface area (Å²) < 4.78 is 5.31. The third-order valence-electron chi connectivity index (χ3n) is 2.32. The summed E-state index contributed by atoms with van der Waals surface area (Å²) in [7, 11) is 0. The summed E-state index contributed by atoms with van der Waals surface area (Å²) in [6.45, 7) is 8.04. The minimum atomic E-state index is 0.635. The summed E-state index contributed by atoms with van der Waals surface area (Å²) in [6, 6.07) is 0. The Bertz CT molecular complexity index is 119. The number of ether oxygens (including phenoxy) is 1. The lowest BCUT2D eigenvalue weighted by molar-refractivity contribution is 0.116. The average molecular weight is 172 g/mol. The van der Waals surface area contributed by atoms with E-state index in [0.717, 1.165) is 19.1 Å². The van der Waals surface area contributed by atoms with Gasteiger partial charge < -0.3 is 15.4 Å². The number of likely N-dealkylation sites (tertiary alicyclic amines) is 1. The van der Waals surface area contributed by atoms with E-state index >= 15 is 0 Å². The summed E-state index contributed by atoms with van der Waals surface area (Å²) in [4.78, 5) is 2.46. The Balaban J connectivity index is 1.93. The highest BCUT2D eigenvalue weighted by Crippen LogP contribution is 2.13. The van der Waals surface area contributed by atoms with Gasteiger partial charge in [-0.1, -0.05) is 6.92 Å². The van der Waals surface area contributed by atoms with E-state index in [1.165, 1.54) is 19.5 Å². The molecule has 0 amide bonds. The number of nitrogens with zero attached hydrogens (tertiary/aromatic N) is 1. The highest BCUT2D eigenvalue weighted by Gasteiger charge is 2.17. The van der Waals surface area contributed by atoms with Crippen molar-refractivity contribution in [3.63, 3.8) is 0 Å². The molecule has 1 rings (SSSR count). The van der Waals surface area contributed by atoms with Crippen molar-refractivity contribution in [2.75, 3.05) is 39.4 Å². The Kier molecular flexibility index (Phi) is 4.58. The summed E-state index contributed by atoms with van der Waals surface area (Å²) >= 11 is 0. The number of rotatable bonds is 5. The monoisotopic (exact) mass is 172 g/mol. The van der Waals surface area contributed by atoms with Crippen molar-refractivity contribution >= 4 is 0 Å². The molecule has 1 atom stereocenters. The van der Waals surface area contributed by atoms with Crippen LogP contribution >= 0.6 is 0 Å². The molecular formula is C9H20N2O. The van der Waals surface area contributed by atoms with Crippen LogP contribution in [0.25, 0.3) is 0 Å². The largest absolute Gasteiger partial charge is 0.379 e. The van der Waals surface area contributed by atoms with Crippen molar-refractivity contribution in [1.29, 1.82) is 0 Å². The van der Waals surface area contributed by atoms with Crippen molar-refractivity contribution in [1.82, 2.24) is 4.90 Å². The van der Waals surface area contributed by atoms with Gasteiger partial charge in [0.05, 0.1) is 13.2 Å². The first-order valence-electron chi connectivity index (χ1n) is 4.83. The van der Waals surface area contributed by atoms with Crippen LogP contribution < -0.4 is 5.73 Å². The predicted molar refractivity (Wildman–Crippen MR) is 50.1 cm³/mol. The Morgan fingerprint density at radius 3 is 2.92 bits per heavy atom. The van der Waals surface area contributed by atoms with Crippen LogP contribution in [0.1, 0.15) is 13.3 Å². The van der Waals surface area contributed by atoms with E-state index in [1.807, 2.05) is 0 Å². The zero-order valence-electron chi connectivity index (χ0n) is 7.96. The Morgan fingerprint density at radius 1 is 1.50 bits per heavy atom. The first-order valence-corrected chi connectivity index (χ1v) is 4.83. The van der Waals surface area contributed by atoms with Crippen LogP contribution in [-0.4, -0.2) is 44.3 Å². The quantitative estimate of drug-likeness (QED) is 0.606. The number of hydrogen-bond donors (Lipinski definition) is 1. The summed E-state index contributed by atoms with van der Waals surface area (Å²) in [5.74, 6) is 0.875. The minimum absolute atomic E-state index is 0.635. The fourth-order valence-electron chi connectivity index (χ4n) is 1.61. The van der Waals surface area contributed by atoms with Gasteiger partial charge in [-0.15, -0.1) is 0 Å². The molecule has 0 unspecified atom stereocenters. The molecule has 72 valence electrons. The summed E-state index contributed by atoms with van der Waals surface area (Å²) in [5, 5.41) is 0. The van der Waals surface area contributed by atoms with Gasteiger partial charge in [-0.2, -0.15) is 0 Å². The lowest BCUT2D eigenvalue weighted by atomic mass is 10.2. The maximum absolute atomic E-state index is 5.31. The SMILES string of the molecule is C[C@@H]1CCN(CCOCCN)C1. The lowest BCUT2D eigenvalue weighted by Crippen LogP contribution is -2.25. The second-order valence-corrected chi connectivity index (χ2v) is 3.60. The van der Waals surface area contributed by atoms with E-state index in [4.69, 9.17) is 10.5 Å². The van der Waals surface area contributed by atoms with Gasteiger partial charge in [-0.3, -0.25) is 0 Å². The summed E-state index contributed by atoms with van der Waals surface area (Å²) in [6.07, 6.45) is 1.34. The van der Waals surface area contributed by atoms with Crippen LogP contribution in [0.4, 0.5) is 0 Å². The van der Waals surface area contributed by atoms with E-state index in [9.17, 15) is 0 Å².